The Morgan fingerprint density at radius 3 is 2.83 bits per heavy atom. The average molecular weight is 360 g/mol. The normalized spacial score (nSPS) is 11.6. The van der Waals surface area contributed by atoms with Gasteiger partial charge in [0, 0.05) is 18.0 Å². The maximum atomic E-state index is 12.5. The molecule has 0 fully saturated rings. The van der Waals surface area contributed by atoms with Crippen molar-refractivity contribution in [2.24, 2.45) is 0 Å². The van der Waals surface area contributed by atoms with Gasteiger partial charge in [-0.05, 0) is 38.0 Å². The zero-order chi connectivity index (χ0) is 16.9. The van der Waals surface area contributed by atoms with Crippen molar-refractivity contribution in [1.82, 2.24) is 25.3 Å². The fourth-order valence-electron chi connectivity index (χ4n) is 1.93. The van der Waals surface area contributed by atoms with Crippen LogP contribution in [0.5, 0.6) is 5.75 Å². The van der Waals surface area contributed by atoms with Gasteiger partial charge >= 0.3 is 0 Å². The number of nitrogens with zero attached hydrogens (tertiary/aromatic N) is 3. The average Bonchev–Trinajstić information content (AvgIpc) is 3.00. The molecule has 0 aliphatic carbocycles. The second-order valence-electron chi connectivity index (χ2n) is 4.81. The third-order valence-electron chi connectivity index (χ3n) is 3.07. The Balaban J connectivity index is 2.07. The third-order valence-corrected chi connectivity index (χ3v) is 4.96. The molecular weight excluding hydrogens is 342 g/mol. The lowest BCUT2D eigenvalue weighted by atomic mass is 10.2. The highest BCUT2D eigenvalue weighted by Gasteiger charge is 2.21. The van der Waals surface area contributed by atoms with Gasteiger partial charge in [0.05, 0.1) is 6.61 Å². The Kier molecular flexibility index (Phi) is 5.91. The summed E-state index contributed by atoms with van der Waals surface area (Å²) in [5, 5.41) is 13.8. The van der Waals surface area contributed by atoms with Gasteiger partial charge in [-0.1, -0.05) is 16.8 Å². The first kappa shape index (κ1) is 17.6. The van der Waals surface area contributed by atoms with E-state index in [1.165, 1.54) is 6.07 Å². The van der Waals surface area contributed by atoms with Crippen LogP contribution in [0.15, 0.2) is 17.0 Å². The van der Waals surface area contributed by atoms with Gasteiger partial charge in [-0.25, -0.2) is 13.1 Å². The summed E-state index contributed by atoms with van der Waals surface area (Å²) in [5.41, 5.74) is 0.756. The maximum absolute atomic E-state index is 12.5. The number of halogens is 1. The number of hydrogen-bond acceptors (Lipinski definition) is 6. The highest BCUT2D eigenvalue weighted by atomic mass is 35.5. The molecule has 0 amide bonds. The lowest BCUT2D eigenvalue weighted by Crippen LogP contribution is -2.26. The van der Waals surface area contributed by atoms with Crippen LogP contribution in [0, 0.1) is 6.92 Å². The van der Waals surface area contributed by atoms with E-state index in [0.717, 1.165) is 5.56 Å². The Labute approximate surface area is 139 Å². The van der Waals surface area contributed by atoms with Crippen LogP contribution in [0.25, 0.3) is 0 Å². The van der Waals surface area contributed by atoms with Crippen molar-refractivity contribution < 1.29 is 13.2 Å². The summed E-state index contributed by atoms with van der Waals surface area (Å²) < 4.78 is 32.9. The van der Waals surface area contributed by atoms with Gasteiger partial charge in [-0.15, -0.1) is 10.2 Å². The quantitative estimate of drug-likeness (QED) is 0.690. The summed E-state index contributed by atoms with van der Waals surface area (Å²) in [7, 11) is -3.72. The molecule has 23 heavy (non-hydrogen) atoms. The Morgan fingerprint density at radius 2 is 2.17 bits per heavy atom. The van der Waals surface area contributed by atoms with Gasteiger partial charge in [-0.3, -0.25) is 0 Å². The molecule has 0 atom stereocenters. The molecule has 10 heteroatoms. The second kappa shape index (κ2) is 7.71. The summed E-state index contributed by atoms with van der Waals surface area (Å²) in [6.45, 7) is 4.19. The van der Waals surface area contributed by atoms with Crippen LogP contribution in [0.3, 0.4) is 0 Å². The molecule has 8 nitrogen and oxygen atoms in total. The molecule has 2 aromatic rings. The third kappa shape index (κ3) is 4.63. The number of aromatic amines is 1. The predicted octanol–water partition coefficient (Wildman–Crippen LogP) is 1.47. The number of ether oxygens (including phenoxy) is 1. The SMILES string of the molecule is CCOc1cc(C)c(Cl)cc1S(=O)(=O)NCCCc1nn[nH]n1. The van der Waals surface area contributed by atoms with E-state index in [1.54, 1.807) is 19.9 Å². The van der Waals surface area contributed by atoms with Crippen LogP contribution in [0.1, 0.15) is 24.7 Å². The smallest absolute Gasteiger partial charge is 0.244 e. The highest BCUT2D eigenvalue weighted by molar-refractivity contribution is 7.89. The van der Waals surface area contributed by atoms with Gasteiger partial charge in [0.25, 0.3) is 0 Å². The van der Waals surface area contributed by atoms with E-state index >= 15 is 0 Å². The van der Waals surface area contributed by atoms with Gasteiger partial charge in [0.15, 0.2) is 5.82 Å². The minimum atomic E-state index is -3.72. The number of hydrogen-bond donors (Lipinski definition) is 2. The van der Waals surface area contributed by atoms with E-state index in [2.05, 4.69) is 25.3 Å². The van der Waals surface area contributed by atoms with E-state index in [0.29, 0.717) is 36.0 Å². The van der Waals surface area contributed by atoms with E-state index in [9.17, 15) is 8.42 Å². The molecule has 0 saturated heterocycles. The molecule has 0 radical (unpaired) electrons. The molecule has 1 heterocycles. The topological polar surface area (TPSA) is 110 Å². The molecule has 0 bridgehead atoms. The first-order chi connectivity index (χ1) is 10.9. The number of tetrazole rings is 1. The van der Waals surface area contributed by atoms with Crippen molar-refractivity contribution in [3.63, 3.8) is 0 Å². The van der Waals surface area contributed by atoms with Crippen molar-refractivity contribution in [2.45, 2.75) is 31.6 Å². The number of H-pyrrole nitrogens is 1. The van der Waals surface area contributed by atoms with Crippen molar-refractivity contribution in [3.05, 3.63) is 28.5 Å². The molecule has 0 unspecified atom stereocenters. The van der Waals surface area contributed by atoms with Crippen LogP contribution in [0.4, 0.5) is 0 Å². The minimum Gasteiger partial charge on any atom is -0.492 e. The molecule has 2 N–H and O–H groups in total. The minimum absolute atomic E-state index is 0.0366. The van der Waals surface area contributed by atoms with Gasteiger partial charge in [0.1, 0.15) is 10.6 Å². The lowest BCUT2D eigenvalue weighted by Gasteiger charge is -2.13. The zero-order valence-electron chi connectivity index (χ0n) is 12.8. The first-order valence-electron chi connectivity index (χ1n) is 7.09. The fourth-order valence-corrected chi connectivity index (χ4v) is 3.39. The monoisotopic (exact) mass is 359 g/mol. The molecule has 0 aliphatic heterocycles. The molecule has 2 rings (SSSR count). The van der Waals surface area contributed by atoms with Crippen molar-refractivity contribution in [1.29, 1.82) is 0 Å². The summed E-state index contributed by atoms with van der Waals surface area (Å²) in [6, 6.07) is 3.03. The van der Waals surface area contributed by atoms with Gasteiger partial charge in [-0.2, -0.15) is 5.21 Å². The van der Waals surface area contributed by atoms with E-state index in [4.69, 9.17) is 16.3 Å². The highest BCUT2D eigenvalue weighted by Crippen LogP contribution is 2.30. The maximum Gasteiger partial charge on any atom is 0.244 e. The van der Waals surface area contributed by atoms with Crippen molar-refractivity contribution in [3.8, 4) is 5.75 Å². The summed E-state index contributed by atoms with van der Waals surface area (Å²) >= 11 is 6.05. The zero-order valence-corrected chi connectivity index (χ0v) is 14.4. The van der Waals surface area contributed by atoms with Crippen LogP contribution in [-0.4, -0.2) is 42.2 Å². The van der Waals surface area contributed by atoms with Gasteiger partial charge in [0.2, 0.25) is 10.0 Å². The molecule has 1 aromatic carbocycles. The predicted molar refractivity (Wildman–Crippen MR) is 85.0 cm³/mol. The summed E-state index contributed by atoms with van der Waals surface area (Å²) in [6.07, 6.45) is 1.06. The van der Waals surface area contributed by atoms with E-state index in [-0.39, 0.29) is 11.4 Å². The summed E-state index contributed by atoms with van der Waals surface area (Å²) in [4.78, 5) is 0.0366. The van der Waals surface area contributed by atoms with E-state index in [1.807, 2.05) is 0 Å². The Bertz CT molecular complexity index is 749. The number of benzene rings is 1. The molecule has 0 saturated carbocycles. The number of aryl methyl sites for hydroxylation is 2. The van der Waals surface area contributed by atoms with Crippen molar-refractivity contribution in [2.75, 3.05) is 13.2 Å². The Morgan fingerprint density at radius 1 is 1.39 bits per heavy atom. The fraction of sp³-hybridized carbons (Fsp3) is 0.462. The van der Waals surface area contributed by atoms with Crippen molar-refractivity contribution >= 4 is 21.6 Å². The van der Waals surface area contributed by atoms with Crippen LogP contribution in [0.2, 0.25) is 5.02 Å². The number of aromatic nitrogens is 4. The first-order valence-corrected chi connectivity index (χ1v) is 8.95. The number of nitrogens with one attached hydrogen (secondary N) is 2. The van der Waals surface area contributed by atoms with E-state index < -0.39 is 10.0 Å². The molecule has 0 aliphatic rings. The second-order valence-corrected chi connectivity index (χ2v) is 6.95. The van der Waals surface area contributed by atoms with Crippen LogP contribution in [-0.2, 0) is 16.4 Å². The summed E-state index contributed by atoms with van der Waals surface area (Å²) in [5.74, 6) is 0.831. The molecule has 1 aromatic heterocycles. The molecule has 126 valence electrons. The Hall–Kier alpha value is -1.71. The molecule has 0 spiro atoms. The largest absolute Gasteiger partial charge is 0.492 e. The number of sulfonamides is 1. The van der Waals surface area contributed by atoms with Crippen LogP contribution >= 0.6 is 11.6 Å². The number of rotatable bonds is 8. The molecular formula is C13H18ClN5O3S. The van der Waals surface area contributed by atoms with Crippen LogP contribution < -0.4 is 9.46 Å². The lowest BCUT2D eigenvalue weighted by molar-refractivity contribution is 0.330. The van der Waals surface area contributed by atoms with Gasteiger partial charge < -0.3 is 4.74 Å². The standard InChI is InChI=1S/C13H18ClN5O3S/c1-3-22-11-7-9(2)10(14)8-12(11)23(20,21)15-6-4-5-13-16-18-19-17-13/h7-8,15H,3-6H2,1-2H3,(H,16,17,18,19).